The summed E-state index contributed by atoms with van der Waals surface area (Å²) in [6, 6.07) is 16.8. The first kappa shape index (κ1) is 21.1. The van der Waals surface area contributed by atoms with E-state index in [0.29, 0.717) is 18.8 Å². The zero-order valence-corrected chi connectivity index (χ0v) is 17.3. The summed E-state index contributed by atoms with van der Waals surface area (Å²) in [6.45, 7) is 3.50. The van der Waals surface area contributed by atoms with Crippen LogP contribution in [0.1, 0.15) is 44.6 Å². The topological polar surface area (TPSA) is 49.9 Å². The lowest BCUT2D eigenvalue weighted by molar-refractivity contribution is -0.122. The van der Waals surface area contributed by atoms with E-state index in [1.165, 1.54) is 24.2 Å². The van der Waals surface area contributed by atoms with Crippen molar-refractivity contribution in [1.82, 2.24) is 4.90 Å². The Labute approximate surface area is 173 Å². The number of amides is 2. The van der Waals surface area contributed by atoms with Crippen molar-refractivity contribution in [3.8, 4) is 5.75 Å². The predicted molar refractivity (Wildman–Crippen MR) is 115 cm³/mol. The third-order valence-corrected chi connectivity index (χ3v) is 5.29. The highest BCUT2D eigenvalue weighted by Crippen LogP contribution is 2.27. The van der Waals surface area contributed by atoms with Crippen molar-refractivity contribution < 1.29 is 14.3 Å². The Balaban J connectivity index is 1.59. The van der Waals surface area contributed by atoms with Crippen LogP contribution in [0.4, 0.5) is 5.69 Å². The molecule has 154 valence electrons. The Morgan fingerprint density at radius 3 is 2.41 bits per heavy atom. The third kappa shape index (κ3) is 5.45. The van der Waals surface area contributed by atoms with Crippen LogP contribution in [0.3, 0.4) is 0 Å². The van der Waals surface area contributed by atoms with Gasteiger partial charge in [-0.2, -0.15) is 0 Å². The highest BCUT2D eigenvalue weighted by atomic mass is 16.5. The molecule has 5 nitrogen and oxygen atoms in total. The minimum absolute atomic E-state index is 0.159. The van der Waals surface area contributed by atoms with Crippen molar-refractivity contribution in [2.45, 2.75) is 51.6 Å². The monoisotopic (exact) mass is 394 g/mol. The molecule has 2 aromatic carbocycles. The van der Waals surface area contributed by atoms with Crippen molar-refractivity contribution in [1.29, 1.82) is 0 Å². The van der Waals surface area contributed by atoms with Crippen LogP contribution in [-0.2, 0) is 16.1 Å². The maximum Gasteiger partial charge on any atom is 0.251 e. The highest BCUT2D eigenvalue weighted by molar-refractivity contribution is 6.22. The summed E-state index contributed by atoms with van der Waals surface area (Å²) in [6.07, 6.45) is 4.84. The molecule has 1 atom stereocenters. The molecule has 0 unspecified atom stereocenters. The van der Waals surface area contributed by atoms with Gasteiger partial charge in [-0.05, 0) is 43.3 Å². The summed E-state index contributed by atoms with van der Waals surface area (Å²) in [5.74, 6) is 0.442. The van der Waals surface area contributed by atoms with Gasteiger partial charge >= 0.3 is 0 Å². The maximum absolute atomic E-state index is 12.9. The Kier molecular flexibility index (Phi) is 7.42. The van der Waals surface area contributed by atoms with Crippen LogP contribution in [0.25, 0.3) is 0 Å². The second-order valence-electron chi connectivity index (χ2n) is 7.59. The highest BCUT2D eigenvalue weighted by Gasteiger charge is 2.41. The maximum atomic E-state index is 12.9. The summed E-state index contributed by atoms with van der Waals surface area (Å²) in [5.41, 5.74) is 1.73. The fourth-order valence-corrected chi connectivity index (χ4v) is 3.62. The Bertz CT molecular complexity index is 805. The molecule has 2 aromatic rings. The van der Waals surface area contributed by atoms with Gasteiger partial charge in [-0.3, -0.25) is 14.5 Å². The number of rotatable bonds is 10. The fourth-order valence-electron chi connectivity index (χ4n) is 3.62. The lowest BCUT2D eigenvalue weighted by atomic mass is 10.1. The summed E-state index contributed by atoms with van der Waals surface area (Å²) in [4.78, 5) is 28.7. The van der Waals surface area contributed by atoms with Crippen LogP contribution < -0.4 is 9.64 Å². The number of nitrogens with zero attached hydrogens (tertiary/aromatic N) is 2. The summed E-state index contributed by atoms with van der Waals surface area (Å²) in [5, 5.41) is 0. The van der Waals surface area contributed by atoms with E-state index in [1.54, 1.807) is 12.1 Å². The molecule has 0 bridgehead atoms. The smallest absolute Gasteiger partial charge is 0.251 e. The minimum atomic E-state index is -0.433. The SMILES string of the molecule is CCCCCCOc1ccc(N2C(=O)C[C@@H](N(C)Cc3ccccc3)C2=O)cc1. The number of ether oxygens (including phenoxy) is 1. The lowest BCUT2D eigenvalue weighted by Gasteiger charge is -2.23. The molecule has 0 saturated carbocycles. The fraction of sp³-hybridized carbons (Fsp3) is 0.417. The predicted octanol–water partition coefficient (Wildman–Crippen LogP) is 4.41. The number of hydrogen-bond donors (Lipinski definition) is 0. The summed E-state index contributed by atoms with van der Waals surface area (Å²) >= 11 is 0. The van der Waals surface area contributed by atoms with Gasteiger partial charge in [0.2, 0.25) is 5.91 Å². The van der Waals surface area contributed by atoms with Crippen molar-refractivity contribution >= 4 is 17.5 Å². The van der Waals surface area contributed by atoms with Gasteiger partial charge in [0.1, 0.15) is 5.75 Å². The number of carbonyl (C=O) groups excluding carboxylic acids is 2. The van der Waals surface area contributed by atoms with Gasteiger partial charge in [0.05, 0.1) is 24.8 Å². The van der Waals surface area contributed by atoms with Gasteiger partial charge in [0, 0.05) is 6.54 Å². The molecule has 0 spiro atoms. The number of benzene rings is 2. The van der Waals surface area contributed by atoms with Gasteiger partial charge in [-0.15, -0.1) is 0 Å². The van der Waals surface area contributed by atoms with E-state index in [9.17, 15) is 9.59 Å². The van der Waals surface area contributed by atoms with Gasteiger partial charge in [0.15, 0.2) is 0 Å². The number of likely N-dealkylation sites (N-methyl/N-ethyl adjacent to an activating group) is 1. The van der Waals surface area contributed by atoms with Crippen molar-refractivity contribution in [3.05, 3.63) is 60.2 Å². The van der Waals surface area contributed by atoms with Crippen LogP contribution in [0.2, 0.25) is 0 Å². The molecule has 29 heavy (non-hydrogen) atoms. The molecule has 1 aliphatic heterocycles. The molecule has 0 aromatic heterocycles. The summed E-state index contributed by atoms with van der Waals surface area (Å²) < 4.78 is 5.75. The average molecular weight is 395 g/mol. The van der Waals surface area contributed by atoms with E-state index in [0.717, 1.165) is 17.7 Å². The van der Waals surface area contributed by atoms with Crippen molar-refractivity contribution in [2.75, 3.05) is 18.6 Å². The first-order valence-corrected chi connectivity index (χ1v) is 10.4. The van der Waals surface area contributed by atoms with E-state index in [4.69, 9.17) is 4.74 Å². The molecule has 0 radical (unpaired) electrons. The van der Waals surface area contributed by atoms with Gasteiger partial charge in [-0.25, -0.2) is 4.90 Å². The first-order chi connectivity index (χ1) is 14.1. The molecular weight excluding hydrogens is 364 g/mol. The van der Waals surface area contributed by atoms with Crippen molar-refractivity contribution in [2.24, 2.45) is 0 Å². The minimum Gasteiger partial charge on any atom is -0.494 e. The van der Waals surface area contributed by atoms with E-state index in [1.807, 2.05) is 54.4 Å². The van der Waals surface area contributed by atoms with Crippen LogP contribution >= 0.6 is 0 Å². The zero-order chi connectivity index (χ0) is 20.6. The third-order valence-electron chi connectivity index (χ3n) is 5.29. The normalized spacial score (nSPS) is 16.7. The molecule has 0 N–H and O–H groups in total. The van der Waals surface area contributed by atoms with Gasteiger partial charge < -0.3 is 4.74 Å². The molecule has 1 fully saturated rings. The number of hydrogen-bond acceptors (Lipinski definition) is 4. The number of carbonyl (C=O) groups is 2. The second-order valence-corrected chi connectivity index (χ2v) is 7.59. The first-order valence-electron chi connectivity index (χ1n) is 10.4. The average Bonchev–Trinajstić information content (AvgIpc) is 3.03. The number of imide groups is 1. The lowest BCUT2D eigenvalue weighted by Crippen LogP contribution is -2.39. The van der Waals surface area contributed by atoms with Crippen LogP contribution in [0.15, 0.2) is 54.6 Å². The summed E-state index contributed by atoms with van der Waals surface area (Å²) in [7, 11) is 1.89. The van der Waals surface area contributed by atoms with Crippen LogP contribution in [0, 0.1) is 0 Å². The molecule has 3 rings (SSSR count). The van der Waals surface area contributed by atoms with Crippen LogP contribution in [-0.4, -0.2) is 36.4 Å². The van der Waals surface area contributed by atoms with E-state index < -0.39 is 6.04 Å². The number of anilines is 1. The second kappa shape index (κ2) is 10.2. The Morgan fingerprint density at radius 1 is 1.00 bits per heavy atom. The van der Waals surface area contributed by atoms with Crippen LogP contribution in [0.5, 0.6) is 5.75 Å². The molecule has 2 amide bonds. The zero-order valence-electron chi connectivity index (χ0n) is 17.3. The van der Waals surface area contributed by atoms with E-state index >= 15 is 0 Å². The molecule has 0 aliphatic carbocycles. The van der Waals surface area contributed by atoms with Gasteiger partial charge in [0.25, 0.3) is 5.91 Å². The molecule has 1 saturated heterocycles. The molecule has 1 heterocycles. The molecule has 5 heteroatoms. The Morgan fingerprint density at radius 2 is 1.72 bits per heavy atom. The van der Waals surface area contributed by atoms with Gasteiger partial charge in [-0.1, -0.05) is 56.5 Å². The van der Waals surface area contributed by atoms with E-state index in [-0.39, 0.29) is 18.2 Å². The molecular formula is C24H30N2O3. The van der Waals surface area contributed by atoms with Crippen molar-refractivity contribution in [3.63, 3.8) is 0 Å². The standard InChI is InChI=1S/C24H30N2O3/c1-3-4-5-9-16-29-21-14-12-20(13-15-21)26-23(27)17-22(24(26)28)25(2)18-19-10-7-6-8-11-19/h6-8,10-15,22H,3-5,9,16-18H2,1-2H3/t22-/m1/s1. The molecule has 1 aliphatic rings. The number of unbranched alkanes of at least 4 members (excludes halogenated alkanes) is 3. The Hall–Kier alpha value is -2.66. The van der Waals surface area contributed by atoms with E-state index in [2.05, 4.69) is 6.92 Å². The quantitative estimate of drug-likeness (QED) is 0.442. The largest absolute Gasteiger partial charge is 0.494 e.